The minimum absolute atomic E-state index is 0.0907. The van der Waals surface area contributed by atoms with E-state index in [2.05, 4.69) is 11.4 Å². The van der Waals surface area contributed by atoms with Gasteiger partial charge in [-0.25, -0.2) is 4.79 Å². The van der Waals surface area contributed by atoms with Crippen molar-refractivity contribution in [3.05, 3.63) is 29.8 Å². The van der Waals surface area contributed by atoms with Gasteiger partial charge in [-0.3, -0.25) is 4.79 Å². The number of benzene rings is 1. The minimum Gasteiger partial charge on any atom is -0.450 e. The maximum atomic E-state index is 12.4. The number of amides is 2. The number of ether oxygens (including phenoxy) is 1. The average molecular weight is 315 g/mol. The Kier molecular flexibility index (Phi) is 5.98. The molecule has 2 rings (SSSR count). The highest BCUT2D eigenvalue weighted by Gasteiger charge is 2.29. The van der Waals surface area contributed by atoms with E-state index in [-0.39, 0.29) is 17.9 Å². The maximum absolute atomic E-state index is 12.4. The van der Waals surface area contributed by atoms with Gasteiger partial charge in [0.05, 0.1) is 25.0 Å². The molecule has 1 aliphatic heterocycles. The van der Waals surface area contributed by atoms with Gasteiger partial charge in [0.25, 0.3) is 0 Å². The van der Waals surface area contributed by atoms with Gasteiger partial charge in [0.1, 0.15) is 0 Å². The summed E-state index contributed by atoms with van der Waals surface area (Å²) < 4.78 is 4.99. The molecular weight excluding hydrogens is 294 g/mol. The smallest absolute Gasteiger partial charge is 0.409 e. The van der Waals surface area contributed by atoms with Crippen LogP contribution < -0.4 is 5.32 Å². The number of hydrogen-bond donors (Lipinski definition) is 1. The van der Waals surface area contributed by atoms with Crippen LogP contribution in [0.25, 0.3) is 0 Å². The van der Waals surface area contributed by atoms with Gasteiger partial charge >= 0.3 is 6.09 Å². The SMILES string of the molecule is CCOC(=O)N1CCCC(C(=O)Nc2ccc(CC#N)cc2)C1. The van der Waals surface area contributed by atoms with Crippen LogP contribution >= 0.6 is 0 Å². The van der Waals surface area contributed by atoms with Gasteiger partial charge in [0, 0.05) is 18.8 Å². The molecule has 0 aromatic heterocycles. The first kappa shape index (κ1) is 16.8. The van der Waals surface area contributed by atoms with Gasteiger partial charge in [0.2, 0.25) is 5.91 Å². The van der Waals surface area contributed by atoms with Crippen LogP contribution in [0.3, 0.4) is 0 Å². The van der Waals surface area contributed by atoms with E-state index in [0.717, 1.165) is 18.4 Å². The van der Waals surface area contributed by atoms with E-state index in [1.165, 1.54) is 0 Å². The molecule has 0 radical (unpaired) electrons. The monoisotopic (exact) mass is 315 g/mol. The fourth-order valence-corrected chi connectivity index (χ4v) is 2.61. The molecular formula is C17H21N3O3. The molecule has 1 unspecified atom stereocenters. The Morgan fingerprint density at radius 3 is 2.78 bits per heavy atom. The third-order valence-corrected chi connectivity index (χ3v) is 3.82. The van der Waals surface area contributed by atoms with E-state index in [1.807, 2.05) is 12.1 Å². The van der Waals surface area contributed by atoms with Gasteiger partial charge in [-0.1, -0.05) is 12.1 Å². The summed E-state index contributed by atoms with van der Waals surface area (Å²) in [7, 11) is 0. The molecule has 6 nitrogen and oxygen atoms in total. The van der Waals surface area contributed by atoms with E-state index in [0.29, 0.717) is 31.8 Å². The van der Waals surface area contributed by atoms with Crippen molar-refractivity contribution in [2.75, 3.05) is 25.0 Å². The first-order valence-corrected chi connectivity index (χ1v) is 7.82. The lowest BCUT2D eigenvalue weighted by Crippen LogP contribution is -2.44. The summed E-state index contributed by atoms with van der Waals surface area (Å²) in [6.45, 7) is 3.12. The summed E-state index contributed by atoms with van der Waals surface area (Å²) in [6, 6.07) is 9.31. The average Bonchev–Trinajstić information content (AvgIpc) is 2.57. The molecule has 1 saturated heterocycles. The molecule has 1 aliphatic rings. The number of nitrogens with zero attached hydrogens (tertiary/aromatic N) is 2. The van der Waals surface area contributed by atoms with Crippen LogP contribution in [0.2, 0.25) is 0 Å². The molecule has 1 fully saturated rings. The minimum atomic E-state index is -0.356. The fraction of sp³-hybridized carbons (Fsp3) is 0.471. The van der Waals surface area contributed by atoms with Crippen LogP contribution in [0.1, 0.15) is 25.3 Å². The molecule has 0 saturated carbocycles. The standard InChI is InChI=1S/C17H21N3O3/c1-2-23-17(22)20-11-3-4-14(12-20)16(21)19-15-7-5-13(6-8-15)9-10-18/h5-8,14H,2-4,9,11-12H2,1H3,(H,19,21). The molecule has 1 aromatic rings. The number of nitriles is 1. The third kappa shape index (κ3) is 4.71. The van der Waals surface area contributed by atoms with Gasteiger partial charge in [-0.2, -0.15) is 5.26 Å². The normalized spacial score (nSPS) is 17.2. The van der Waals surface area contributed by atoms with Crippen LogP contribution in [0.15, 0.2) is 24.3 Å². The first-order valence-electron chi connectivity index (χ1n) is 7.82. The number of hydrogen-bond acceptors (Lipinski definition) is 4. The van der Waals surface area contributed by atoms with E-state index in [1.54, 1.807) is 24.0 Å². The van der Waals surface area contributed by atoms with Gasteiger partial charge in [-0.05, 0) is 37.5 Å². The Morgan fingerprint density at radius 2 is 2.13 bits per heavy atom. The molecule has 1 aromatic carbocycles. The molecule has 1 atom stereocenters. The Bertz CT molecular complexity index is 592. The van der Waals surface area contributed by atoms with E-state index < -0.39 is 0 Å². The topological polar surface area (TPSA) is 82.4 Å². The molecule has 0 spiro atoms. The highest BCUT2D eigenvalue weighted by atomic mass is 16.6. The molecule has 0 aliphatic carbocycles. The van der Waals surface area contributed by atoms with Crippen molar-refractivity contribution >= 4 is 17.7 Å². The lowest BCUT2D eigenvalue weighted by Gasteiger charge is -2.31. The highest BCUT2D eigenvalue weighted by Crippen LogP contribution is 2.20. The summed E-state index contributed by atoms with van der Waals surface area (Å²) in [5.74, 6) is -0.320. The van der Waals surface area contributed by atoms with Crippen molar-refractivity contribution in [1.82, 2.24) is 4.90 Å². The Morgan fingerprint density at radius 1 is 1.39 bits per heavy atom. The Balaban J connectivity index is 1.92. The Labute approximate surface area is 136 Å². The third-order valence-electron chi connectivity index (χ3n) is 3.82. The molecule has 122 valence electrons. The lowest BCUT2D eigenvalue weighted by molar-refractivity contribution is -0.121. The van der Waals surface area contributed by atoms with Crippen molar-refractivity contribution in [1.29, 1.82) is 5.26 Å². The zero-order valence-corrected chi connectivity index (χ0v) is 13.2. The molecule has 0 bridgehead atoms. The Hall–Kier alpha value is -2.55. The number of anilines is 1. The first-order chi connectivity index (χ1) is 11.1. The van der Waals surface area contributed by atoms with E-state index >= 15 is 0 Å². The highest BCUT2D eigenvalue weighted by molar-refractivity contribution is 5.93. The van der Waals surface area contributed by atoms with Crippen LogP contribution in [0.5, 0.6) is 0 Å². The van der Waals surface area contributed by atoms with Crippen molar-refractivity contribution in [3.63, 3.8) is 0 Å². The number of piperidine rings is 1. The zero-order valence-electron chi connectivity index (χ0n) is 13.2. The number of likely N-dealkylation sites (tertiary alicyclic amines) is 1. The van der Waals surface area contributed by atoms with Crippen molar-refractivity contribution in [2.45, 2.75) is 26.2 Å². The molecule has 1 heterocycles. The number of nitrogens with one attached hydrogen (secondary N) is 1. The second-order valence-electron chi connectivity index (χ2n) is 5.51. The van der Waals surface area contributed by atoms with Gasteiger partial charge in [-0.15, -0.1) is 0 Å². The maximum Gasteiger partial charge on any atom is 0.409 e. The van der Waals surface area contributed by atoms with Crippen molar-refractivity contribution in [2.24, 2.45) is 5.92 Å². The molecule has 2 amide bonds. The quantitative estimate of drug-likeness (QED) is 0.925. The zero-order chi connectivity index (χ0) is 16.7. The largest absolute Gasteiger partial charge is 0.450 e. The summed E-state index contributed by atoms with van der Waals surface area (Å²) in [5, 5.41) is 11.5. The summed E-state index contributed by atoms with van der Waals surface area (Å²) in [5.41, 5.74) is 1.61. The summed E-state index contributed by atoms with van der Waals surface area (Å²) in [4.78, 5) is 25.7. The predicted molar refractivity (Wildman–Crippen MR) is 85.7 cm³/mol. The molecule has 6 heteroatoms. The van der Waals surface area contributed by atoms with E-state index in [4.69, 9.17) is 10.00 Å². The summed E-state index contributed by atoms with van der Waals surface area (Å²) >= 11 is 0. The van der Waals surface area contributed by atoms with Gasteiger partial charge in [0.15, 0.2) is 0 Å². The second-order valence-corrected chi connectivity index (χ2v) is 5.51. The van der Waals surface area contributed by atoms with Crippen LogP contribution in [0.4, 0.5) is 10.5 Å². The van der Waals surface area contributed by atoms with Gasteiger partial charge < -0.3 is 15.0 Å². The van der Waals surface area contributed by atoms with Crippen LogP contribution in [-0.4, -0.2) is 36.6 Å². The second kappa shape index (κ2) is 8.18. The number of carbonyl (C=O) groups is 2. The predicted octanol–water partition coefficient (Wildman–Crippen LogP) is 2.56. The number of carbonyl (C=O) groups excluding carboxylic acids is 2. The van der Waals surface area contributed by atoms with Crippen molar-refractivity contribution in [3.8, 4) is 6.07 Å². The molecule has 1 N–H and O–H groups in total. The fourth-order valence-electron chi connectivity index (χ4n) is 2.61. The van der Waals surface area contributed by atoms with Crippen LogP contribution in [-0.2, 0) is 16.0 Å². The summed E-state index contributed by atoms with van der Waals surface area (Å²) in [6.07, 6.45) is 1.54. The van der Waals surface area contributed by atoms with Crippen molar-refractivity contribution < 1.29 is 14.3 Å². The van der Waals surface area contributed by atoms with Crippen LogP contribution in [0, 0.1) is 17.2 Å². The number of rotatable bonds is 4. The lowest BCUT2D eigenvalue weighted by atomic mass is 9.97. The molecule has 23 heavy (non-hydrogen) atoms. The van der Waals surface area contributed by atoms with E-state index in [9.17, 15) is 9.59 Å².